The highest BCUT2D eigenvalue weighted by Crippen LogP contribution is 2.33. The predicted molar refractivity (Wildman–Crippen MR) is 108 cm³/mol. The van der Waals surface area contributed by atoms with Crippen molar-refractivity contribution in [2.45, 2.75) is 45.1 Å². The second-order valence-corrected chi connectivity index (χ2v) is 7.35. The van der Waals surface area contributed by atoms with Crippen LogP contribution in [-0.2, 0) is 20.9 Å². The zero-order chi connectivity index (χ0) is 20.8. The molecule has 0 aromatic heterocycles. The number of carbonyl (C=O) groups excluding carboxylic acids is 2. The van der Waals surface area contributed by atoms with Gasteiger partial charge in [-0.15, -0.1) is 0 Å². The van der Waals surface area contributed by atoms with Crippen LogP contribution >= 0.6 is 0 Å². The van der Waals surface area contributed by atoms with E-state index in [4.69, 9.17) is 9.47 Å². The zero-order valence-electron chi connectivity index (χ0n) is 16.7. The number of cyclic esters (lactones) is 1. The molecular formula is C23H27NO5. The fourth-order valence-corrected chi connectivity index (χ4v) is 3.45. The van der Waals surface area contributed by atoms with Crippen LogP contribution in [0.25, 0.3) is 0 Å². The highest BCUT2D eigenvalue weighted by Gasteiger charge is 2.45. The van der Waals surface area contributed by atoms with E-state index in [1.807, 2.05) is 60.7 Å². The third-order valence-corrected chi connectivity index (χ3v) is 5.27. The molecule has 1 heterocycles. The van der Waals surface area contributed by atoms with Crippen molar-refractivity contribution in [3.05, 3.63) is 71.8 Å². The van der Waals surface area contributed by atoms with E-state index in [9.17, 15) is 14.7 Å². The van der Waals surface area contributed by atoms with Crippen LogP contribution < -0.4 is 0 Å². The van der Waals surface area contributed by atoms with Gasteiger partial charge in [-0.3, -0.25) is 4.79 Å². The van der Waals surface area contributed by atoms with Crippen molar-refractivity contribution in [2.75, 3.05) is 6.61 Å². The maximum absolute atomic E-state index is 12.9. The smallest absolute Gasteiger partial charge is 0.417 e. The summed E-state index contributed by atoms with van der Waals surface area (Å²) in [6.07, 6.45) is -1.78. The third kappa shape index (κ3) is 5.02. The van der Waals surface area contributed by atoms with Gasteiger partial charge in [-0.05, 0) is 24.5 Å². The van der Waals surface area contributed by atoms with Gasteiger partial charge in [0.15, 0.2) is 0 Å². The van der Waals surface area contributed by atoms with Gasteiger partial charge in [-0.2, -0.15) is 0 Å². The summed E-state index contributed by atoms with van der Waals surface area (Å²) in [5.41, 5.74) is 1.89. The average Bonchev–Trinajstić information content (AvgIpc) is 3.05. The number of aliphatic hydroxyl groups is 1. The van der Waals surface area contributed by atoms with E-state index in [-0.39, 0.29) is 0 Å². The molecule has 1 aliphatic rings. The molecule has 154 valence electrons. The Kier molecular flexibility index (Phi) is 7.01. The molecule has 3 rings (SSSR count). The number of rotatable bonds is 8. The van der Waals surface area contributed by atoms with Crippen molar-refractivity contribution >= 4 is 12.0 Å². The van der Waals surface area contributed by atoms with Crippen LogP contribution in [0.4, 0.5) is 4.79 Å². The quantitative estimate of drug-likeness (QED) is 0.688. The molecule has 6 nitrogen and oxygen atoms in total. The average molecular weight is 397 g/mol. The van der Waals surface area contributed by atoms with Gasteiger partial charge in [0.25, 0.3) is 0 Å². The Hall–Kier alpha value is -2.70. The Morgan fingerprint density at radius 3 is 2.41 bits per heavy atom. The van der Waals surface area contributed by atoms with Crippen LogP contribution in [0, 0.1) is 5.92 Å². The molecule has 0 aliphatic carbocycles. The number of benzene rings is 2. The molecule has 0 spiro atoms. The predicted octanol–water partition coefficient (Wildman–Crippen LogP) is 3.70. The van der Waals surface area contributed by atoms with E-state index in [0.717, 1.165) is 16.0 Å². The topological polar surface area (TPSA) is 76.1 Å². The van der Waals surface area contributed by atoms with Crippen molar-refractivity contribution in [1.29, 1.82) is 0 Å². The van der Waals surface area contributed by atoms with Crippen molar-refractivity contribution in [3.63, 3.8) is 0 Å². The summed E-state index contributed by atoms with van der Waals surface area (Å²) in [4.78, 5) is 26.3. The second-order valence-electron chi connectivity index (χ2n) is 7.35. The van der Waals surface area contributed by atoms with Crippen LogP contribution in [0.2, 0.25) is 0 Å². The van der Waals surface area contributed by atoms with Crippen LogP contribution in [0.15, 0.2) is 60.7 Å². The summed E-state index contributed by atoms with van der Waals surface area (Å²) < 4.78 is 11.0. The van der Waals surface area contributed by atoms with Gasteiger partial charge in [-0.1, -0.05) is 67.6 Å². The molecule has 1 saturated heterocycles. The number of carbonyl (C=O) groups is 2. The van der Waals surface area contributed by atoms with Crippen LogP contribution in [0.3, 0.4) is 0 Å². The second kappa shape index (κ2) is 9.67. The molecule has 1 aliphatic heterocycles. The standard InChI is InChI=1S/C23H27NO5/c1-16(20(25)13-14-28-15-18-9-5-3-6-10-18)22(26)24-17(2)21(29-23(24)27)19-11-7-4-8-12-19/h3-12,16-17,20-21,25H,13-15H2,1-2H3/t16-,17-,20+,21-/m1/s1. The SMILES string of the molecule is C[C@@H]1[C@H](c2ccccc2)OC(=O)N1C(=O)[C@H](C)[C@@H](O)CCOCc1ccccc1. The molecule has 2 aromatic carbocycles. The fourth-order valence-electron chi connectivity index (χ4n) is 3.45. The number of amides is 2. The summed E-state index contributed by atoms with van der Waals surface area (Å²) in [5, 5.41) is 10.4. The number of hydrogen-bond acceptors (Lipinski definition) is 5. The highest BCUT2D eigenvalue weighted by atomic mass is 16.6. The number of imide groups is 1. The van der Waals surface area contributed by atoms with Gasteiger partial charge in [0, 0.05) is 6.61 Å². The molecule has 2 amide bonds. The first-order valence-corrected chi connectivity index (χ1v) is 9.87. The Morgan fingerprint density at radius 2 is 1.76 bits per heavy atom. The van der Waals surface area contributed by atoms with E-state index in [0.29, 0.717) is 19.6 Å². The Bertz CT molecular complexity index is 811. The van der Waals surface area contributed by atoms with Crippen LogP contribution in [0.1, 0.15) is 37.5 Å². The summed E-state index contributed by atoms with van der Waals surface area (Å²) in [6.45, 7) is 4.17. The Balaban J connectivity index is 1.52. The lowest BCUT2D eigenvalue weighted by atomic mass is 9.98. The van der Waals surface area contributed by atoms with Crippen molar-refractivity contribution in [3.8, 4) is 0 Å². The molecular weight excluding hydrogens is 370 g/mol. The summed E-state index contributed by atoms with van der Waals surface area (Å²) in [7, 11) is 0. The Morgan fingerprint density at radius 1 is 1.14 bits per heavy atom. The molecule has 0 radical (unpaired) electrons. The van der Waals surface area contributed by atoms with E-state index >= 15 is 0 Å². The summed E-state index contributed by atoms with van der Waals surface area (Å²) in [5.74, 6) is -1.17. The lowest BCUT2D eigenvalue weighted by Crippen LogP contribution is -2.44. The van der Waals surface area contributed by atoms with Crippen molar-refractivity contribution in [2.24, 2.45) is 5.92 Å². The lowest BCUT2D eigenvalue weighted by Gasteiger charge is -2.25. The van der Waals surface area contributed by atoms with Crippen LogP contribution in [0.5, 0.6) is 0 Å². The van der Waals surface area contributed by atoms with Gasteiger partial charge in [0.05, 0.1) is 24.7 Å². The summed E-state index contributed by atoms with van der Waals surface area (Å²) in [6, 6.07) is 18.6. The number of hydrogen-bond donors (Lipinski definition) is 1. The van der Waals surface area contributed by atoms with Gasteiger partial charge in [0.2, 0.25) is 5.91 Å². The number of aliphatic hydroxyl groups excluding tert-OH is 1. The van der Waals surface area contributed by atoms with Gasteiger partial charge in [-0.25, -0.2) is 9.69 Å². The third-order valence-electron chi connectivity index (χ3n) is 5.27. The zero-order valence-corrected chi connectivity index (χ0v) is 16.7. The van der Waals surface area contributed by atoms with E-state index < -0.39 is 36.2 Å². The highest BCUT2D eigenvalue weighted by molar-refractivity contribution is 5.95. The van der Waals surface area contributed by atoms with E-state index in [1.165, 1.54) is 0 Å². The lowest BCUT2D eigenvalue weighted by molar-refractivity contribution is -0.136. The largest absolute Gasteiger partial charge is 0.439 e. The fraction of sp³-hybridized carbons (Fsp3) is 0.391. The van der Waals surface area contributed by atoms with E-state index in [2.05, 4.69) is 0 Å². The van der Waals surface area contributed by atoms with Gasteiger partial charge in [0.1, 0.15) is 6.10 Å². The minimum atomic E-state index is -0.908. The van der Waals surface area contributed by atoms with E-state index in [1.54, 1.807) is 13.8 Å². The summed E-state index contributed by atoms with van der Waals surface area (Å²) >= 11 is 0. The first-order chi connectivity index (χ1) is 14.0. The van der Waals surface area contributed by atoms with Crippen molar-refractivity contribution in [1.82, 2.24) is 4.90 Å². The van der Waals surface area contributed by atoms with Crippen LogP contribution in [-0.4, -0.2) is 40.8 Å². The minimum absolute atomic E-state index is 0.305. The molecule has 1 fully saturated rings. The molecule has 1 N–H and O–H groups in total. The van der Waals surface area contributed by atoms with Gasteiger partial charge < -0.3 is 14.6 Å². The molecule has 0 saturated carbocycles. The molecule has 2 aromatic rings. The molecule has 6 heteroatoms. The first-order valence-electron chi connectivity index (χ1n) is 9.87. The van der Waals surface area contributed by atoms with Crippen molar-refractivity contribution < 1.29 is 24.2 Å². The van der Waals surface area contributed by atoms with Gasteiger partial charge >= 0.3 is 6.09 Å². The number of nitrogens with zero attached hydrogens (tertiary/aromatic N) is 1. The molecule has 0 bridgehead atoms. The molecule has 0 unspecified atom stereocenters. The minimum Gasteiger partial charge on any atom is -0.439 e. The first kappa shape index (κ1) is 21.0. The normalized spacial score (nSPS) is 20.9. The monoisotopic (exact) mass is 397 g/mol. The maximum Gasteiger partial charge on any atom is 0.417 e. The molecule has 29 heavy (non-hydrogen) atoms. The molecule has 4 atom stereocenters. The maximum atomic E-state index is 12.9. The Labute approximate surface area is 171 Å². The number of ether oxygens (including phenoxy) is 2.